The Labute approximate surface area is 124 Å². The Kier molecular flexibility index (Phi) is 4.74. The van der Waals surface area contributed by atoms with E-state index in [4.69, 9.17) is 23.2 Å². The summed E-state index contributed by atoms with van der Waals surface area (Å²) in [6, 6.07) is 5.10. The largest absolute Gasteiger partial charge is 0.480 e. The topological polar surface area (TPSA) is 55.1 Å². The van der Waals surface area contributed by atoms with Gasteiger partial charge in [-0.2, -0.15) is 0 Å². The molecule has 2 rings (SSSR count). The zero-order valence-corrected chi connectivity index (χ0v) is 12.0. The molecule has 0 spiro atoms. The number of carbonyl (C=O) groups is 1. The van der Waals surface area contributed by atoms with E-state index in [1.807, 2.05) is 0 Å². The minimum absolute atomic E-state index is 0.293. The van der Waals surface area contributed by atoms with Gasteiger partial charge >= 0.3 is 5.97 Å². The van der Waals surface area contributed by atoms with Crippen molar-refractivity contribution in [3.8, 4) is 0 Å². The number of carboxylic acids is 1. The molecule has 1 atom stereocenters. The summed E-state index contributed by atoms with van der Waals surface area (Å²) in [5, 5.41) is 9.49. The standard InChI is InChI=1S/C12H10Cl2N2O2S/c13-8-2-1-3-9(14)11(8)19-10(12(17)18)6-16-5-4-15-7-16/h1-5,7,10H,6H2,(H,17,18). The van der Waals surface area contributed by atoms with Crippen LogP contribution in [0.5, 0.6) is 0 Å². The van der Waals surface area contributed by atoms with Crippen molar-refractivity contribution < 1.29 is 9.90 Å². The minimum Gasteiger partial charge on any atom is -0.480 e. The molecule has 0 radical (unpaired) electrons. The van der Waals surface area contributed by atoms with E-state index in [2.05, 4.69) is 4.98 Å². The first-order valence-corrected chi connectivity index (χ1v) is 7.00. The zero-order chi connectivity index (χ0) is 13.8. The second kappa shape index (κ2) is 6.32. The summed E-state index contributed by atoms with van der Waals surface area (Å²) in [6.07, 6.45) is 4.89. The van der Waals surface area contributed by atoms with Crippen molar-refractivity contribution in [3.05, 3.63) is 47.0 Å². The second-order valence-corrected chi connectivity index (χ2v) is 5.78. The van der Waals surface area contributed by atoms with Gasteiger partial charge in [0.15, 0.2) is 0 Å². The van der Waals surface area contributed by atoms with Gasteiger partial charge in [0.1, 0.15) is 5.25 Å². The van der Waals surface area contributed by atoms with Gasteiger partial charge in [0.25, 0.3) is 0 Å². The van der Waals surface area contributed by atoms with Gasteiger partial charge in [-0.25, -0.2) is 4.98 Å². The first-order valence-electron chi connectivity index (χ1n) is 5.37. The lowest BCUT2D eigenvalue weighted by atomic mass is 10.4. The molecule has 1 aromatic carbocycles. The minimum atomic E-state index is -0.922. The summed E-state index contributed by atoms with van der Waals surface area (Å²) in [6.45, 7) is 0.293. The highest BCUT2D eigenvalue weighted by Crippen LogP contribution is 2.36. The lowest BCUT2D eigenvalue weighted by Crippen LogP contribution is -2.22. The molecule has 0 bridgehead atoms. The Morgan fingerprint density at radius 1 is 1.42 bits per heavy atom. The zero-order valence-electron chi connectivity index (χ0n) is 9.66. The Balaban J connectivity index is 2.19. The van der Waals surface area contributed by atoms with Crippen LogP contribution in [-0.4, -0.2) is 25.9 Å². The average molecular weight is 317 g/mol. The predicted octanol–water partition coefficient (Wildman–Crippen LogP) is 3.44. The Morgan fingerprint density at radius 2 is 2.11 bits per heavy atom. The van der Waals surface area contributed by atoms with Gasteiger partial charge in [0.05, 0.1) is 16.4 Å². The third-order valence-electron chi connectivity index (χ3n) is 2.39. The quantitative estimate of drug-likeness (QED) is 0.858. The molecule has 0 amide bonds. The first kappa shape index (κ1) is 14.2. The van der Waals surface area contributed by atoms with Crippen LogP contribution in [0, 0.1) is 0 Å². The fourth-order valence-electron chi connectivity index (χ4n) is 1.49. The second-order valence-electron chi connectivity index (χ2n) is 3.75. The van der Waals surface area contributed by atoms with E-state index in [0.717, 1.165) is 11.8 Å². The summed E-state index contributed by atoms with van der Waals surface area (Å²) in [5.41, 5.74) is 0. The van der Waals surface area contributed by atoms with Crippen molar-refractivity contribution in [2.75, 3.05) is 0 Å². The third-order valence-corrected chi connectivity index (χ3v) is 4.56. The number of imidazole rings is 1. The van der Waals surface area contributed by atoms with Crippen LogP contribution in [0.3, 0.4) is 0 Å². The van der Waals surface area contributed by atoms with Crippen molar-refractivity contribution in [2.24, 2.45) is 0 Å². The van der Waals surface area contributed by atoms with Crippen LogP contribution in [0.15, 0.2) is 41.8 Å². The summed E-state index contributed by atoms with van der Waals surface area (Å²) in [7, 11) is 0. The van der Waals surface area contributed by atoms with Gasteiger partial charge in [-0.1, -0.05) is 29.3 Å². The summed E-state index contributed by atoms with van der Waals surface area (Å²) >= 11 is 13.2. The monoisotopic (exact) mass is 316 g/mol. The van der Waals surface area contributed by atoms with E-state index in [1.165, 1.54) is 0 Å². The lowest BCUT2D eigenvalue weighted by Gasteiger charge is -2.14. The maximum Gasteiger partial charge on any atom is 0.318 e. The molecule has 0 aliphatic rings. The molecule has 0 fully saturated rings. The number of aromatic nitrogens is 2. The van der Waals surface area contributed by atoms with Crippen LogP contribution in [0.2, 0.25) is 10.0 Å². The van der Waals surface area contributed by atoms with Crippen LogP contribution in [0.4, 0.5) is 0 Å². The molecule has 1 N–H and O–H groups in total. The van der Waals surface area contributed by atoms with Crippen molar-refractivity contribution in [2.45, 2.75) is 16.7 Å². The van der Waals surface area contributed by atoms with E-state index in [9.17, 15) is 9.90 Å². The van der Waals surface area contributed by atoms with Crippen molar-refractivity contribution in [1.29, 1.82) is 0 Å². The van der Waals surface area contributed by atoms with E-state index in [1.54, 1.807) is 41.5 Å². The molecular weight excluding hydrogens is 307 g/mol. The maximum atomic E-state index is 11.3. The van der Waals surface area contributed by atoms with Crippen molar-refractivity contribution >= 4 is 40.9 Å². The van der Waals surface area contributed by atoms with Gasteiger partial charge < -0.3 is 9.67 Å². The summed E-state index contributed by atoms with van der Waals surface area (Å²) in [4.78, 5) is 15.8. The molecule has 0 saturated heterocycles. The van der Waals surface area contributed by atoms with E-state index in [0.29, 0.717) is 21.5 Å². The third kappa shape index (κ3) is 3.65. The van der Waals surface area contributed by atoms with Gasteiger partial charge in [-0.15, -0.1) is 11.8 Å². The Morgan fingerprint density at radius 3 is 2.63 bits per heavy atom. The van der Waals surface area contributed by atoms with Gasteiger partial charge in [0, 0.05) is 23.8 Å². The Hall–Kier alpha value is -1.17. The van der Waals surface area contributed by atoms with Gasteiger partial charge in [-0.3, -0.25) is 4.79 Å². The molecule has 19 heavy (non-hydrogen) atoms. The highest BCUT2D eigenvalue weighted by atomic mass is 35.5. The number of halogens is 2. The number of benzene rings is 1. The summed E-state index contributed by atoms with van der Waals surface area (Å²) < 4.78 is 1.70. The average Bonchev–Trinajstić information content (AvgIpc) is 2.85. The number of hydrogen-bond acceptors (Lipinski definition) is 3. The van der Waals surface area contributed by atoms with Crippen LogP contribution < -0.4 is 0 Å². The summed E-state index contributed by atoms with van der Waals surface area (Å²) in [5.74, 6) is -0.922. The fourth-order valence-corrected chi connectivity index (χ4v) is 3.15. The lowest BCUT2D eigenvalue weighted by molar-refractivity contribution is -0.136. The number of hydrogen-bond donors (Lipinski definition) is 1. The van der Waals surface area contributed by atoms with Crippen molar-refractivity contribution in [3.63, 3.8) is 0 Å². The number of rotatable bonds is 5. The van der Waals surface area contributed by atoms with Gasteiger partial charge in [0.2, 0.25) is 0 Å². The molecule has 1 unspecified atom stereocenters. The number of thioether (sulfide) groups is 1. The molecule has 1 aromatic heterocycles. The molecule has 0 saturated carbocycles. The SMILES string of the molecule is O=C(O)C(Cn1ccnc1)Sc1c(Cl)cccc1Cl. The normalized spacial score (nSPS) is 12.3. The fraction of sp³-hybridized carbons (Fsp3) is 0.167. The van der Waals surface area contributed by atoms with E-state index in [-0.39, 0.29) is 0 Å². The van der Waals surface area contributed by atoms with E-state index >= 15 is 0 Å². The molecule has 7 heteroatoms. The molecule has 1 heterocycles. The molecule has 4 nitrogen and oxygen atoms in total. The van der Waals surface area contributed by atoms with Crippen LogP contribution in [0.1, 0.15) is 0 Å². The van der Waals surface area contributed by atoms with Crippen LogP contribution in [0.25, 0.3) is 0 Å². The first-order chi connectivity index (χ1) is 9.08. The highest BCUT2D eigenvalue weighted by molar-refractivity contribution is 8.00. The van der Waals surface area contributed by atoms with Gasteiger partial charge in [-0.05, 0) is 12.1 Å². The molecular formula is C12H10Cl2N2O2S. The van der Waals surface area contributed by atoms with Crippen molar-refractivity contribution in [1.82, 2.24) is 9.55 Å². The number of nitrogens with zero attached hydrogens (tertiary/aromatic N) is 2. The smallest absolute Gasteiger partial charge is 0.318 e. The van der Waals surface area contributed by atoms with Crippen LogP contribution in [-0.2, 0) is 11.3 Å². The molecule has 100 valence electrons. The molecule has 2 aromatic rings. The molecule has 0 aliphatic heterocycles. The molecule has 0 aliphatic carbocycles. The number of carboxylic acid groups (broad SMARTS) is 1. The van der Waals surface area contributed by atoms with E-state index < -0.39 is 11.2 Å². The predicted molar refractivity (Wildman–Crippen MR) is 76.0 cm³/mol. The highest BCUT2D eigenvalue weighted by Gasteiger charge is 2.22. The number of aliphatic carboxylic acids is 1. The maximum absolute atomic E-state index is 11.3. The van der Waals surface area contributed by atoms with Crippen LogP contribution >= 0.6 is 35.0 Å². The Bertz CT molecular complexity index is 555.